The van der Waals surface area contributed by atoms with Crippen molar-refractivity contribution < 1.29 is 18.7 Å². The molecule has 1 saturated heterocycles. The van der Waals surface area contributed by atoms with Gasteiger partial charge in [-0.25, -0.2) is 14.6 Å². The molecule has 2 aromatic rings. The topological polar surface area (TPSA) is 110 Å². The van der Waals surface area contributed by atoms with E-state index in [0.717, 1.165) is 0 Å². The molecule has 2 fully saturated rings. The molecule has 11 heteroatoms. The third-order valence-corrected chi connectivity index (χ3v) is 6.15. The summed E-state index contributed by atoms with van der Waals surface area (Å²) in [4.78, 5) is 21.7. The lowest BCUT2D eigenvalue weighted by molar-refractivity contribution is -0.137. The van der Waals surface area contributed by atoms with E-state index in [4.69, 9.17) is 5.11 Å². The van der Waals surface area contributed by atoms with Gasteiger partial charge in [-0.05, 0) is 41.0 Å². The molecular formula is C17H19F2N7O2. The molecule has 0 unspecified atom stereocenters. The Morgan fingerprint density at radius 3 is 2.68 bits per heavy atom. The van der Waals surface area contributed by atoms with Gasteiger partial charge in [0, 0.05) is 38.5 Å². The smallest absolute Gasteiger partial charge is 0.303 e. The first-order valence-electron chi connectivity index (χ1n) is 9.34. The summed E-state index contributed by atoms with van der Waals surface area (Å²) in [7, 11) is 1.61. The molecule has 1 N–H and O–H groups in total. The molecule has 9 nitrogen and oxygen atoms in total. The summed E-state index contributed by atoms with van der Waals surface area (Å²) in [5, 5.41) is 20.2. The minimum atomic E-state index is -3.01. The largest absolute Gasteiger partial charge is 0.481 e. The fraction of sp³-hybridized carbons (Fsp3) is 0.647. The van der Waals surface area contributed by atoms with Crippen molar-refractivity contribution in [2.24, 2.45) is 24.8 Å². The number of carboxylic acid groups (broad SMARTS) is 1. The second-order valence-electron chi connectivity index (χ2n) is 7.88. The van der Waals surface area contributed by atoms with Crippen molar-refractivity contribution in [3.05, 3.63) is 11.3 Å². The number of aromatic nitrogens is 6. The number of alkyl halides is 2. The standard InChI is InChI=1S/C17H19F2N7O2/c1-25-16(22-23-24-25)14-20-13-8(3-2-4-17(13,18)19)15(21-14)26-6-10-9(5-12(27)28)11(10)7-26/h9-11H,2-7H2,1H3,(H,27,28)/t9-,10-,11+. The zero-order valence-corrected chi connectivity index (χ0v) is 15.2. The highest BCUT2D eigenvalue weighted by molar-refractivity contribution is 5.68. The van der Waals surface area contributed by atoms with E-state index in [-0.39, 0.29) is 47.9 Å². The second-order valence-corrected chi connectivity index (χ2v) is 7.88. The number of hydrogen-bond donors (Lipinski definition) is 1. The lowest BCUT2D eigenvalue weighted by Crippen LogP contribution is -2.31. The first-order valence-corrected chi connectivity index (χ1v) is 9.34. The van der Waals surface area contributed by atoms with Crippen molar-refractivity contribution in [1.29, 1.82) is 0 Å². The summed E-state index contributed by atoms with van der Waals surface area (Å²) in [5.74, 6) is -2.22. The van der Waals surface area contributed by atoms with Crippen LogP contribution in [0.1, 0.15) is 30.5 Å². The number of rotatable bonds is 4. The predicted molar refractivity (Wildman–Crippen MR) is 91.6 cm³/mol. The molecule has 3 heterocycles. The van der Waals surface area contributed by atoms with Gasteiger partial charge in [0.05, 0.1) is 0 Å². The molecule has 2 aromatic heterocycles. The number of nitrogens with zero attached hydrogens (tertiary/aromatic N) is 7. The maximum atomic E-state index is 14.6. The molecule has 0 radical (unpaired) electrons. The van der Waals surface area contributed by atoms with Crippen LogP contribution in [0.3, 0.4) is 0 Å². The van der Waals surface area contributed by atoms with E-state index >= 15 is 0 Å². The van der Waals surface area contributed by atoms with Crippen LogP contribution in [0.25, 0.3) is 11.6 Å². The first-order chi connectivity index (χ1) is 13.3. The second kappa shape index (κ2) is 5.89. The summed E-state index contributed by atoms with van der Waals surface area (Å²) < 4.78 is 30.6. The molecule has 0 amide bonds. The fourth-order valence-electron chi connectivity index (χ4n) is 4.72. The molecule has 2 aliphatic carbocycles. The van der Waals surface area contributed by atoms with Gasteiger partial charge in [0.2, 0.25) is 11.6 Å². The highest BCUT2D eigenvalue weighted by atomic mass is 19.3. The third-order valence-electron chi connectivity index (χ3n) is 6.15. The maximum Gasteiger partial charge on any atom is 0.303 e. The van der Waals surface area contributed by atoms with Crippen LogP contribution in [-0.2, 0) is 24.2 Å². The van der Waals surface area contributed by atoms with Crippen molar-refractivity contribution in [3.63, 3.8) is 0 Å². The van der Waals surface area contributed by atoms with Crippen molar-refractivity contribution in [2.45, 2.75) is 31.6 Å². The van der Waals surface area contributed by atoms with E-state index in [0.29, 0.717) is 37.3 Å². The van der Waals surface area contributed by atoms with Crippen LogP contribution in [0.2, 0.25) is 0 Å². The van der Waals surface area contributed by atoms with E-state index in [9.17, 15) is 13.6 Å². The molecule has 0 aromatic carbocycles. The van der Waals surface area contributed by atoms with E-state index in [2.05, 4.69) is 25.5 Å². The van der Waals surface area contributed by atoms with E-state index < -0.39 is 11.9 Å². The fourth-order valence-corrected chi connectivity index (χ4v) is 4.72. The quantitative estimate of drug-likeness (QED) is 0.829. The Labute approximate surface area is 158 Å². The Morgan fingerprint density at radius 1 is 1.29 bits per heavy atom. The summed E-state index contributed by atoms with van der Waals surface area (Å²) >= 11 is 0. The van der Waals surface area contributed by atoms with Crippen LogP contribution in [0.15, 0.2) is 0 Å². The Hall–Kier alpha value is -2.72. The first kappa shape index (κ1) is 17.4. The molecule has 5 rings (SSSR count). The molecule has 3 aliphatic rings. The lowest BCUT2D eigenvalue weighted by atomic mass is 9.92. The van der Waals surface area contributed by atoms with Crippen molar-refractivity contribution in [1.82, 2.24) is 30.2 Å². The molecule has 0 spiro atoms. The van der Waals surface area contributed by atoms with Gasteiger partial charge in [0.1, 0.15) is 11.5 Å². The van der Waals surface area contributed by atoms with Gasteiger partial charge in [-0.3, -0.25) is 4.79 Å². The van der Waals surface area contributed by atoms with E-state index in [1.54, 1.807) is 7.05 Å². The normalized spacial score (nSPS) is 27.4. The number of hydrogen-bond acceptors (Lipinski definition) is 7. The summed E-state index contributed by atoms with van der Waals surface area (Å²) in [5.41, 5.74) is 0.260. The number of carboxylic acids is 1. The average molecular weight is 391 g/mol. The van der Waals surface area contributed by atoms with Gasteiger partial charge >= 0.3 is 5.97 Å². The van der Waals surface area contributed by atoms with E-state index in [1.807, 2.05) is 4.90 Å². The number of anilines is 1. The molecule has 0 bridgehead atoms. The number of piperidine rings is 1. The minimum absolute atomic E-state index is 0.0884. The van der Waals surface area contributed by atoms with Crippen LogP contribution in [-0.4, -0.2) is 54.3 Å². The van der Waals surface area contributed by atoms with Crippen LogP contribution < -0.4 is 4.90 Å². The minimum Gasteiger partial charge on any atom is -0.481 e. The van der Waals surface area contributed by atoms with Crippen LogP contribution in [0.4, 0.5) is 14.6 Å². The molecule has 148 valence electrons. The molecule has 1 aliphatic heterocycles. The maximum absolute atomic E-state index is 14.6. The Morgan fingerprint density at radius 2 is 2.04 bits per heavy atom. The highest BCUT2D eigenvalue weighted by Gasteiger charge is 2.57. The van der Waals surface area contributed by atoms with Crippen molar-refractivity contribution >= 4 is 11.8 Å². The van der Waals surface area contributed by atoms with Gasteiger partial charge in [-0.1, -0.05) is 0 Å². The summed E-state index contributed by atoms with van der Waals surface area (Å²) in [6, 6.07) is 0. The zero-order valence-electron chi connectivity index (χ0n) is 15.2. The molecule has 1 saturated carbocycles. The number of carbonyl (C=O) groups is 1. The molecular weight excluding hydrogens is 372 g/mol. The third kappa shape index (κ3) is 2.63. The number of fused-ring (bicyclic) bond motifs is 2. The average Bonchev–Trinajstić information content (AvgIpc) is 3.01. The monoisotopic (exact) mass is 391 g/mol. The van der Waals surface area contributed by atoms with Crippen LogP contribution in [0, 0.1) is 17.8 Å². The van der Waals surface area contributed by atoms with Gasteiger partial charge < -0.3 is 10.0 Å². The molecule has 28 heavy (non-hydrogen) atoms. The van der Waals surface area contributed by atoms with E-state index in [1.165, 1.54) is 4.68 Å². The predicted octanol–water partition coefficient (Wildman–Crippen LogP) is 1.25. The Bertz CT molecular complexity index is 951. The number of aliphatic carboxylic acids is 1. The molecule has 3 atom stereocenters. The number of aryl methyl sites for hydroxylation is 1. The lowest BCUT2D eigenvalue weighted by Gasteiger charge is -2.30. The highest BCUT2D eigenvalue weighted by Crippen LogP contribution is 2.55. The number of halogens is 2. The Kier molecular flexibility index (Phi) is 3.65. The van der Waals surface area contributed by atoms with Gasteiger partial charge in [-0.2, -0.15) is 8.78 Å². The number of tetrazole rings is 1. The van der Waals surface area contributed by atoms with Crippen molar-refractivity contribution in [3.8, 4) is 11.6 Å². The summed E-state index contributed by atoms with van der Waals surface area (Å²) in [6.45, 7) is 1.27. The zero-order chi connectivity index (χ0) is 19.6. The van der Waals surface area contributed by atoms with Gasteiger partial charge in [-0.15, -0.1) is 5.10 Å². The van der Waals surface area contributed by atoms with Gasteiger partial charge in [0.15, 0.2) is 0 Å². The van der Waals surface area contributed by atoms with Crippen LogP contribution >= 0.6 is 0 Å². The van der Waals surface area contributed by atoms with Crippen molar-refractivity contribution in [2.75, 3.05) is 18.0 Å². The summed E-state index contributed by atoms with van der Waals surface area (Å²) in [6.07, 6.45) is 0.809. The SMILES string of the molecule is Cn1nnnc1-c1nc(N2C[C@@H]3[C@@H](CC(=O)O)[C@@H]3C2)c2c(n1)C(F)(F)CCC2. The van der Waals surface area contributed by atoms with Crippen LogP contribution in [0.5, 0.6) is 0 Å². The Balaban J connectivity index is 1.53. The van der Waals surface area contributed by atoms with Gasteiger partial charge in [0.25, 0.3) is 5.92 Å².